The number of anilines is 2. The number of piperazine rings is 1. The van der Waals surface area contributed by atoms with Crippen LogP contribution in [0, 0.1) is 39.2 Å². The van der Waals surface area contributed by atoms with Gasteiger partial charge < -0.3 is 10.2 Å². The van der Waals surface area contributed by atoms with Crippen LogP contribution in [0.5, 0.6) is 0 Å². The van der Waals surface area contributed by atoms with Crippen molar-refractivity contribution in [3.63, 3.8) is 0 Å². The zero-order valence-electron chi connectivity index (χ0n) is 26.7. The van der Waals surface area contributed by atoms with Crippen LogP contribution >= 0.6 is 0 Å². The molecule has 5 fully saturated rings. The van der Waals surface area contributed by atoms with Gasteiger partial charge in [0.25, 0.3) is 21.6 Å². The largest absolute Gasteiger partial charge is 0.379 e. The monoisotopic (exact) mass is 637 g/mol. The number of fused-ring (bicyclic) bond motifs is 2. The van der Waals surface area contributed by atoms with E-state index in [2.05, 4.69) is 40.6 Å². The second kappa shape index (κ2) is 12.5. The Kier molecular flexibility index (Phi) is 8.86. The van der Waals surface area contributed by atoms with E-state index >= 15 is 0 Å². The molecule has 2 bridgehead atoms. The van der Waals surface area contributed by atoms with Crippen molar-refractivity contribution in [3.8, 4) is 0 Å². The molecule has 2 aromatic rings. The first kappa shape index (κ1) is 31.8. The fourth-order valence-corrected chi connectivity index (χ4v) is 9.60. The summed E-state index contributed by atoms with van der Waals surface area (Å²) in [5.41, 5.74) is 1.64. The van der Waals surface area contributed by atoms with Crippen LogP contribution in [0.4, 0.5) is 17.1 Å². The number of hydrogen-bond donors (Lipinski definition) is 2. The Hall–Kier alpha value is -3.18. The number of carbonyl (C=O) groups excluding carboxylic acids is 1. The molecule has 2 N–H and O–H groups in total. The third-order valence-electron chi connectivity index (χ3n) is 11.6. The van der Waals surface area contributed by atoms with Crippen molar-refractivity contribution in [1.29, 1.82) is 0 Å². The SMILES string of the molecule is CC1C(N2CCN(c3ccc(C(=O)NS(=O)(=O)c4ccc(NCC5CCCCC5)c([N+](=O)[O-])c4)cc3)CC2)CC2CC1C2(C)C. The molecule has 1 heterocycles. The average Bonchev–Trinajstić information content (AvgIpc) is 3.04. The average molecular weight is 638 g/mol. The van der Waals surface area contributed by atoms with Crippen molar-refractivity contribution in [2.75, 3.05) is 42.9 Å². The van der Waals surface area contributed by atoms with E-state index in [1.165, 1.54) is 31.4 Å². The van der Waals surface area contributed by atoms with Gasteiger partial charge in [-0.2, -0.15) is 0 Å². The van der Waals surface area contributed by atoms with Crippen LogP contribution in [0.1, 0.15) is 76.1 Å². The van der Waals surface area contributed by atoms with Crippen molar-refractivity contribution in [1.82, 2.24) is 9.62 Å². The highest BCUT2D eigenvalue weighted by Crippen LogP contribution is 2.62. The minimum absolute atomic E-state index is 0.207. The predicted molar refractivity (Wildman–Crippen MR) is 176 cm³/mol. The van der Waals surface area contributed by atoms with E-state index < -0.39 is 20.9 Å². The highest BCUT2D eigenvalue weighted by Gasteiger charge is 2.57. The Morgan fingerprint density at radius 3 is 2.31 bits per heavy atom. The molecule has 244 valence electrons. The van der Waals surface area contributed by atoms with Gasteiger partial charge in [0.05, 0.1) is 9.82 Å². The predicted octanol–water partition coefficient (Wildman–Crippen LogP) is 5.90. The van der Waals surface area contributed by atoms with Gasteiger partial charge in [-0.15, -0.1) is 0 Å². The summed E-state index contributed by atoms with van der Waals surface area (Å²) in [5, 5.41) is 14.9. The fourth-order valence-electron chi connectivity index (χ4n) is 8.60. The number of carbonyl (C=O) groups is 1. The molecule has 0 spiro atoms. The zero-order chi connectivity index (χ0) is 31.9. The van der Waals surface area contributed by atoms with E-state index in [4.69, 9.17) is 0 Å². The lowest BCUT2D eigenvalue weighted by Gasteiger charge is -2.64. The van der Waals surface area contributed by atoms with Crippen molar-refractivity contribution < 1.29 is 18.1 Å². The van der Waals surface area contributed by atoms with E-state index in [1.54, 1.807) is 12.1 Å². The molecule has 1 saturated heterocycles. The molecule has 4 aliphatic carbocycles. The number of nitro benzene ring substituents is 1. The van der Waals surface area contributed by atoms with Gasteiger partial charge in [0.15, 0.2) is 0 Å². The molecular weight excluding hydrogens is 590 g/mol. The molecular formula is C34H47N5O5S. The summed E-state index contributed by atoms with van der Waals surface area (Å²) < 4.78 is 28.2. The number of amides is 1. The minimum atomic E-state index is -4.32. The number of nitro groups is 1. The smallest absolute Gasteiger partial charge is 0.293 e. The molecule has 45 heavy (non-hydrogen) atoms. The van der Waals surface area contributed by atoms with Gasteiger partial charge in [-0.25, -0.2) is 13.1 Å². The normalized spacial score (nSPS) is 27.0. The molecule has 0 aromatic heterocycles. The Labute approximate surface area is 267 Å². The number of hydrogen-bond acceptors (Lipinski definition) is 8. The Bertz CT molecular complexity index is 1510. The first-order chi connectivity index (χ1) is 21.4. The molecule has 4 saturated carbocycles. The van der Waals surface area contributed by atoms with Crippen LogP contribution in [0.2, 0.25) is 0 Å². The molecule has 2 aromatic carbocycles. The lowest BCUT2D eigenvalue weighted by molar-refractivity contribution is -0.384. The first-order valence-electron chi connectivity index (χ1n) is 16.6. The van der Waals surface area contributed by atoms with Crippen molar-refractivity contribution in [2.24, 2.45) is 29.1 Å². The summed E-state index contributed by atoms with van der Waals surface area (Å²) in [7, 11) is -4.32. The molecule has 5 aliphatic rings. The van der Waals surface area contributed by atoms with Crippen molar-refractivity contribution >= 4 is 33.0 Å². The summed E-state index contributed by atoms with van der Waals surface area (Å²) in [4.78, 5) is 28.8. The molecule has 4 unspecified atom stereocenters. The number of rotatable bonds is 9. The summed E-state index contributed by atoms with van der Waals surface area (Å²) in [5.74, 6) is 2.05. The number of nitrogens with zero attached hydrogens (tertiary/aromatic N) is 3. The van der Waals surface area contributed by atoms with Gasteiger partial charge >= 0.3 is 0 Å². The van der Waals surface area contributed by atoms with E-state index in [-0.39, 0.29) is 21.8 Å². The molecule has 1 amide bonds. The Balaban J connectivity index is 1.04. The second-order valence-corrected chi connectivity index (χ2v) is 16.0. The standard InChI is InChI=1S/C34H47N5O5S/c1-23-29-19-26(34(29,2)3)20-31(23)38-17-15-37(16-18-38)27-11-9-25(10-12-27)33(40)36-45(43,44)28-13-14-30(32(21-28)39(41)42)35-22-24-7-5-4-6-8-24/h9-14,21,23-24,26,29,31,35H,4-8,15-20,22H2,1-3H3,(H,36,40). The molecule has 4 atom stereocenters. The molecule has 10 nitrogen and oxygen atoms in total. The van der Waals surface area contributed by atoms with Crippen LogP contribution in [-0.4, -0.2) is 62.9 Å². The Morgan fingerprint density at radius 2 is 1.69 bits per heavy atom. The number of benzene rings is 2. The maximum absolute atomic E-state index is 13.1. The quantitative estimate of drug-likeness (QED) is 0.257. The second-order valence-electron chi connectivity index (χ2n) is 14.3. The van der Waals surface area contributed by atoms with Crippen LogP contribution in [0.15, 0.2) is 47.4 Å². The van der Waals surface area contributed by atoms with Gasteiger partial charge in [-0.3, -0.25) is 19.8 Å². The summed E-state index contributed by atoms with van der Waals surface area (Å²) in [6.07, 6.45) is 8.37. The zero-order valence-corrected chi connectivity index (χ0v) is 27.5. The highest BCUT2D eigenvalue weighted by molar-refractivity contribution is 7.90. The lowest BCUT2D eigenvalue weighted by atomic mass is 9.44. The van der Waals surface area contributed by atoms with Crippen LogP contribution in [-0.2, 0) is 10.0 Å². The Morgan fingerprint density at radius 1 is 1.00 bits per heavy atom. The van der Waals surface area contributed by atoms with Gasteiger partial charge in [0.2, 0.25) is 0 Å². The van der Waals surface area contributed by atoms with Crippen molar-refractivity contribution in [2.45, 2.75) is 76.7 Å². The van der Waals surface area contributed by atoms with Gasteiger partial charge in [-0.05, 0) is 91.2 Å². The van der Waals surface area contributed by atoms with Gasteiger partial charge in [0, 0.05) is 56.1 Å². The van der Waals surface area contributed by atoms with E-state index in [1.807, 2.05) is 12.1 Å². The van der Waals surface area contributed by atoms with Gasteiger partial charge in [0.1, 0.15) is 5.69 Å². The van der Waals surface area contributed by atoms with Crippen molar-refractivity contribution in [3.05, 3.63) is 58.1 Å². The van der Waals surface area contributed by atoms with Crippen LogP contribution < -0.4 is 14.9 Å². The maximum atomic E-state index is 13.1. The third-order valence-corrected chi connectivity index (χ3v) is 12.9. The highest BCUT2D eigenvalue weighted by atomic mass is 32.2. The first-order valence-corrected chi connectivity index (χ1v) is 18.1. The van der Waals surface area contributed by atoms with E-state index in [0.717, 1.165) is 81.4 Å². The summed E-state index contributed by atoms with van der Waals surface area (Å²) in [6, 6.07) is 11.4. The molecule has 11 heteroatoms. The lowest BCUT2D eigenvalue weighted by Crippen LogP contribution is -2.63. The topological polar surface area (TPSA) is 125 Å². The third kappa shape index (κ3) is 6.43. The number of nitrogens with one attached hydrogen (secondary N) is 2. The summed E-state index contributed by atoms with van der Waals surface area (Å²) in [6.45, 7) is 11.8. The van der Waals surface area contributed by atoms with E-state index in [0.29, 0.717) is 23.9 Å². The maximum Gasteiger partial charge on any atom is 0.293 e. The molecule has 0 radical (unpaired) electrons. The number of sulfonamides is 1. The fraction of sp³-hybridized carbons (Fsp3) is 0.618. The molecule has 1 aliphatic heterocycles. The minimum Gasteiger partial charge on any atom is -0.379 e. The van der Waals surface area contributed by atoms with E-state index in [9.17, 15) is 23.3 Å². The van der Waals surface area contributed by atoms with Crippen LogP contribution in [0.25, 0.3) is 0 Å². The van der Waals surface area contributed by atoms with Crippen LogP contribution in [0.3, 0.4) is 0 Å². The summed E-state index contributed by atoms with van der Waals surface area (Å²) >= 11 is 0. The van der Waals surface area contributed by atoms with Gasteiger partial charge in [-0.1, -0.05) is 40.0 Å². The molecule has 7 rings (SSSR count).